The molecule has 0 unspecified atom stereocenters. The third kappa shape index (κ3) is 4.51. The third-order valence-electron chi connectivity index (χ3n) is 2.28. The van der Waals surface area contributed by atoms with Crippen LogP contribution in [0.4, 0.5) is 17.6 Å². The van der Waals surface area contributed by atoms with E-state index in [1.807, 2.05) is 0 Å². The zero-order valence-electron chi connectivity index (χ0n) is 10.4. The largest absolute Gasteiger partial charge is 0.461 e. The summed E-state index contributed by atoms with van der Waals surface area (Å²) in [4.78, 5) is 13.3. The maximum atomic E-state index is 12.8. The van der Waals surface area contributed by atoms with Crippen LogP contribution in [0, 0.1) is 5.82 Å². The minimum Gasteiger partial charge on any atom is -0.461 e. The lowest BCUT2D eigenvalue weighted by molar-refractivity contribution is -0.138. The van der Waals surface area contributed by atoms with Gasteiger partial charge >= 0.3 is 12.1 Å². The predicted octanol–water partition coefficient (Wildman–Crippen LogP) is 2.56. The van der Waals surface area contributed by atoms with E-state index in [1.54, 1.807) is 19.0 Å². The molecule has 0 radical (unpaired) electrons. The molecule has 0 atom stereocenters. The van der Waals surface area contributed by atoms with Gasteiger partial charge in [-0.3, -0.25) is 0 Å². The molecule has 7 heteroatoms. The van der Waals surface area contributed by atoms with Crippen LogP contribution in [0.1, 0.15) is 15.9 Å². The smallest absolute Gasteiger partial charge is 0.417 e. The van der Waals surface area contributed by atoms with Crippen molar-refractivity contribution in [2.24, 2.45) is 0 Å². The highest BCUT2D eigenvalue weighted by molar-refractivity contribution is 5.91. The fraction of sp³-hybridized carbons (Fsp3) is 0.417. The molecule has 0 N–H and O–H groups in total. The van der Waals surface area contributed by atoms with Gasteiger partial charge in [0.2, 0.25) is 0 Å². The molecule has 1 aromatic rings. The van der Waals surface area contributed by atoms with Gasteiger partial charge in [0.05, 0.1) is 11.1 Å². The van der Waals surface area contributed by atoms with Crippen molar-refractivity contribution in [3.05, 3.63) is 35.1 Å². The molecule has 0 aliphatic carbocycles. The molecule has 0 aromatic heterocycles. The Hall–Kier alpha value is -1.63. The van der Waals surface area contributed by atoms with E-state index in [2.05, 4.69) is 0 Å². The van der Waals surface area contributed by atoms with Crippen LogP contribution in [0.5, 0.6) is 0 Å². The van der Waals surface area contributed by atoms with Crippen molar-refractivity contribution < 1.29 is 27.1 Å². The Kier molecular flexibility index (Phi) is 4.88. The van der Waals surface area contributed by atoms with Crippen LogP contribution in [0.3, 0.4) is 0 Å². The molecule has 0 saturated carbocycles. The molecule has 1 aromatic carbocycles. The van der Waals surface area contributed by atoms with E-state index in [0.717, 1.165) is 12.1 Å². The van der Waals surface area contributed by atoms with Crippen molar-refractivity contribution in [3.8, 4) is 0 Å². The number of alkyl halides is 3. The highest BCUT2D eigenvalue weighted by atomic mass is 19.4. The second-order valence-corrected chi connectivity index (χ2v) is 4.13. The number of hydrogen-bond donors (Lipinski definition) is 0. The summed E-state index contributed by atoms with van der Waals surface area (Å²) in [6, 6.07) is 1.84. The van der Waals surface area contributed by atoms with Crippen molar-refractivity contribution in [2.45, 2.75) is 6.18 Å². The van der Waals surface area contributed by atoms with Gasteiger partial charge in [-0.15, -0.1) is 0 Å². The summed E-state index contributed by atoms with van der Waals surface area (Å²) in [5.74, 6) is -2.17. The zero-order chi connectivity index (χ0) is 14.6. The van der Waals surface area contributed by atoms with Crippen LogP contribution in [0.25, 0.3) is 0 Å². The van der Waals surface area contributed by atoms with Crippen LogP contribution in [-0.4, -0.2) is 38.1 Å². The highest BCUT2D eigenvalue weighted by Crippen LogP contribution is 2.32. The van der Waals surface area contributed by atoms with Gasteiger partial charge in [0.1, 0.15) is 12.4 Å². The first-order chi connectivity index (χ1) is 8.71. The van der Waals surface area contributed by atoms with Crippen LogP contribution in [0.2, 0.25) is 0 Å². The number of nitrogens with zero attached hydrogens (tertiary/aromatic N) is 1. The summed E-state index contributed by atoms with van der Waals surface area (Å²) in [5.41, 5.74) is -2.02. The molecule has 0 saturated heterocycles. The topological polar surface area (TPSA) is 29.5 Å². The molecule has 0 aliphatic heterocycles. The molecule has 0 bridgehead atoms. The molecule has 0 spiro atoms. The molecular weight excluding hydrogens is 266 g/mol. The van der Waals surface area contributed by atoms with Crippen molar-refractivity contribution in [2.75, 3.05) is 27.2 Å². The highest BCUT2D eigenvalue weighted by Gasteiger charge is 2.36. The van der Waals surface area contributed by atoms with E-state index in [0.29, 0.717) is 6.54 Å². The minimum absolute atomic E-state index is 0.0412. The Morgan fingerprint density at radius 3 is 2.47 bits per heavy atom. The average Bonchev–Trinajstić information content (AvgIpc) is 2.27. The number of esters is 1. The van der Waals surface area contributed by atoms with Gasteiger partial charge in [-0.2, -0.15) is 13.2 Å². The van der Waals surface area contributed by atoms with E-state index >= 15 is 0 Å². The lowest BCUT2D eigenvalue weighted by Gasteiger charge is -2.13. The van der Waals surface area contributed by atoms with Crippen LogP contribution < -0.4 is 0 Å². The van der Waals surface area contributed by atoms with Gasteiger partial charge in [-0.05, 0) is 32.3 Å². The number of benzene rings is 1. The van der Waals surface area contributed by atoms with Gasteiger partial charge < -0.3 is 9.64 Å². The number of halogens is 4. The first kappa shape index (κ1) is 15.4. The van der Waals surface area contributed by atoms with Crippen LogP contribution in [-0.2, 0) is 10.9 Å². The Labute approximate surface area is 107 Å². The number of likely N-dealkylation sites (N-methyl/N-ethyl adjacent to an activating group) is 1. The van der Waals surface area contributed by atoms with Crippen molar-refractivity contribution in [1.82, 2.24) is 4.90 Å². The number of hydrogen-bond acceptors (Lipinski definition) is 3. The molecule has 0 amide bonds. The van der Waals surface area contributed by atoms with Crippen LogP contribution in [0.15, 0.2) is 18.2 Å². The number of rotatable bonds is 4. The first-order valence-electron chi connectivity index (χ1n) is 5.40. The Morgan fingerprint density at radius 1 is 1.32 bits per heavy atom. The predicted molar refractivity (Wildman–Crippen MR) is 60.2 cm³/mol. The molecule has 0 aliphatic rings. The van der Waals surface area contributed by atoms with Crippen LogP contribution >= 0.6 is 0 Å². The lowest BCUT2D eigenvalue weighted by atomic mass is 10.1. The summed E-state index contributed by atoms with van der Waals surface area (Å²) in [5, 5.41) is 0. The fourth-order valence-corrected chi connectivity index (χ4v) is 1.33. The molecule has 3 nitrogen and oxygen atoms in total. The SMILES string of the molecule is CN(C)CCOC(=O)c1ccc(F)cc1C(F)(F)F. The van der Waals surface area contributed by atoms with Gasteiger partial charge in [-0.1, -0.05) is 0 Å². The van der Waals surface area contributed by atoms with E-state index in [1.165, 1.54) is 0 Å². The Bertz CT molecular complexity index is 458. The van der Waals surface area contributed by atoms with E-state index in [-0.39, 0.29) is 12.7 Å². The van der Waals surface area contributed by atoms with Gasteiger partial charge in [0.15, 0.2) is 0 Å². The zero-order valence-corrected chi connectivity index (χ0v) is 10.4. The van der Waals surface area contributed by atoms with Gasteiger partial charge in [0.25, 0.3) is 0 Å². The maximum Gasteiger partial charge on any atom is 0.417 e. The first-order valence-corrected chi connectivity index (χ1v) is 5.40. The molecular formula is C12H13F4NO2. The quantitative estimate of drug-likeness (QED) is 0.626. The molecule has 1 rings (SSSR count). The monoisotopic (exact) mass is 279 g/mol. The number of ether oxygens (including phenoxy) is 1. The van der Waals surface area contributed by atoms with E-state index in [9.17, 15) is 22.4 Å². The second-order valence-electron chi connectivity index (χ2n) is 4.13. The summed E-state index contributed by atoms with van der Waals surface area (Å²) >= 11 is 0. The van der Waals surface area contributed by atoms with Gasteiger partial charge in [0, 0.05) is 6.54 Å². The van der Waals surface area contributed by atoms with E-state index in [4.69, 9.17) is 4.74 Å². The molecule has 0 heterocycles. The van der Waals surface area contributed by atoms with Crippen molar-refractivity contribution in [1.29, 1.82) is 0 Å². The second kappa shape index (κ2) is 6.01. The van der Waals surface area contributed by atoms with Crippen molar-refractivity contribution >= 4 is 5.97 Å². The summed E-state index contributed by atoms with van der Waals surface area (Å²) < 4.78 is 55.5. The summed E-state index contributed by atoms with van der Waals surface area (Å²) in [7, 11) is 3.46. The third-order valence-corrected chi connectivity index (χ3v) is 2.28. The average molecular weight is 279 g/mol. The number of carbonyl (C=O) groups is 1. The lowest BCUT2D eigenvalue weighted by Crippen LogP contribution is -2.21. The standard InChI is InChI=1S/C12H13F4NO2/c1-17(2)5-6-19-11(18)9-4-3-8(13)7-10(9)12(14,15)16/h3-4,7H,5-6H2,1-2H3. The molecule has 19 heavy (non-hydrogen) atoms. The normalized spacial score (nSPS) is 11.7. The van der Waals surface area contributed by atoms with Crippen molar-refractivity contribution in [3.63, 3.8) is 0 Å². The molecule has 0 fully saturated rings. The van der Waals surface area contributed by atoms with Gasteiger partial charge in [-0.25, -0.2) is 9.18 Å². The Morgan fingerprint density at radius 2 is 1.95 bits per heavy atom. The maximum absolute atomic E-state index is 12.8. The number of carbonyl (C=O) groups excluding carboxylic acids is 1. The summed E-state index contributed by atoms with van der Waals surface area (Å²) in [6.07, 6.45) is -4.81. The molecule has 106 valence electrons. The minimum atomic E-state index is -4.81. The summed E-state index contributed by atoms with van der Waals surface area (Å²) in [6.45, 7) is 0.342. The fourth-order valence-electron chi connectivity index (χ4n) is 1.33. The van der Waals surface area contributed by atoms with E-state index < -0.39 is 29.1 Å². The Balaban J connectivity index is 2.91.